The minimum atomic E-state index is -0.487. The SMILES string of the molecule is CCN(CC)Cc1cccc([C@]23CC[C@@H](N(CCN(C(C)C)C(C)C)C(=O)Nc4ccc(F)c(Cl)c4)CC2C3)c1. The van der Waals surface area contributed by atoms with Crippen molar-refractivity contribution < 1.29 is 9.18 Å². The van der Waals surface area contributed by atoms with Crippen molar-refractivity contribution in [3.05, 3.63) is 64.4 Å². The van der Waals surface area contributed by atoms with Crippen molar-refractivity contribution in [1.29, 1.82) is 0 Å². The van der Waals surface area contributed by atoms with E-state index in [1.54, 1.807) is 6.07 Å². The van der Waals surface area contributed by atoms with Gasteiger partial charge >= 0.3 is 6.03 Å². The van der Waals surface area contributed by atoms with Crippen molar-refractivity contribution in [2.24, 2.45) is 5.92 Å². The molecule has 2 amide bonds. The highest BCUT2D eigenvalue weighted by Gasteiger charge is 2.58. The molecule has 40 heavy (non-hydrogen) atoms. The van der Waals surface area contributed by atoms with E-state index in [1.807, 2.05) is 4.90 Å². The number of halogens is 2. The first kappa shape index (κ1) is 30.8. The largest absolute Gasteiger partial charge is 0.322 e. The molecule has 2 saturated carbocycles. The van der Waals surface area contributed by atoms with Crippen molar-refractivity contribution in [2.75, 3.05) is 31.5 Å². The molecule has 0 saturated heterocycles. The maximum absolute atomic E-state index is 13.7. The fourth-order valence-corrected chi connectivity index (χ4v) is 7.07. The molecule has 220 valence electrons. The number of amides is 2. The number of nitrogens with one attached hydrogen (secondary N) is 1. The Morgan fingerprint density at radius 2 is 1.80 bits per heavy atom. The second-order valence-corrected chi connectivity index (χ2v) is 12.7. The van der Waals surface area contributed by atoms with E-state index in [-0.39, 0.29) is 22.5 Å². The molecule has 3 atom stereocenters. The van der Waals surface area contributed by atoms with Gasteiger partial charge in [-0.15, -0.1) is 0 Å². The van der Waals surface area contributed by atoms with E-state index < -0.39 is 5.82 Å². The van der Waals surface area contributed by atoms with Gasteiger partial charge in [-0.1, -0.05) is 49.7 Å². The van der Waals surface area contributed by atoms with Gasteiger partial charge < -0.3 is 10.2 Å². The molecule has 1 N–H and O–H groups in total. The van der Waals surface area contributed by atoms with Crippen molar-refractivity contribution in [2.45, 2.75) is 97.3 Å². The third kappa shape index (κ3) is 7.00. The second kappa shape index (κ2) is 13.2. The summed E-state index contributed by atoms with van der Waals surface area (Å²) in [6.45, 7) is 17.8. The standard InChI is InChI=1S/C33H48ClFN4O/c1-7-37(8-2)22-25-10-9-11-26(18-25)33-15-14-29(19-27(33)21-33)39(17-16-38(23(3)4)24(5)6)32(40)36-28-12-13-31(35)30(34)20-28/h9-13,18,20,23-24,27,29H,7-8,14-17,19,21-22H2,1-6H3,(H,36,40)/t27?,29-,33-/m1/s1. The van der Waals surface area contributed by atoms with Crippen LogP contribution < -0.4 is 5.32 Å². The van der Waals surface area contributed by atoms with Crippen LogP contribution >= 0.6 is 11.6 Å². The maximum atomic E-state index is 13.7. The smallest absolute Gasteiger partial charge is 0.320 e. The van der Waals surface area contributed by atoms with Gasteiger partial charge in [0, 0.05) is 43.4 Å². The highest BCUT2D eigenvalue weighted by atomic mass is 35.5. The first-order valence-electron chi connectivity index (χ1n) is 15.2. The molecular weight excluding hydrogens is 523 g/mol. The van der Waals surface area contributed by atoms with Crippen LogP contribution in [0.15, 0.2) is 42.5 Å². The van der Waals surface area contributed by atoms with Crippen LogP contribution in [-0.4, -0.2) is 65.0 Å². The molecule has 4 rings (SSSR count). The molecule has 0 aliphatic heterocycles. The average Bonchev–Trinajstić information content (AvgIpc) is 3.66. The zero-order valence-corrected chi connectivity index (χ0v) is 26.0. The minimum Gasteiger partial charge on any atom is -0.320 e. The van der Waals surface area contributed by atoms with Crippen molar-refractivity contribution >= 4 is 23.3 Å². The van der Waals surface area contributed by atoms with Crippen LogP contribution in [0.3, 0.4) is 0 Å². The zero-order valence-electron chi connectivity index (χ0n) is 25.2. The zero-order chi connectivity index (χ0) is 29.0. The Kier molecular flexibility index (Phi) is 10.2. The summed E-state index contributed by atoms with van der Waals surface area (Å²) in [4.78, 5) is 20.6. The van der Waals surface area contributed by atoms with E-state index in [2.05, 4.69) is 80.9 Å². The van der Waals surface area contributed by atoms with E-state index in [9.17, 15) is 9.18 Å². The van der Waals surface area contributed by atoms with E-state index >= 15 is 0 Å². The lowest BCUT2D eigenvalue weighted by molar-refractivity contribution is 0.120. The molecule has 0 radical (unpaired) electrons. The van der Waals surface area contributed by atoms with E-state index in [0.29, 0.717) is 30.2 Å². The number of fused-ring (bicyclic) bond motifs is 1. The van der Waals surface area contributed by atoms with E-state index in [0.717, 1.165) is 45.4 Å². The highest BCUT2D eigenvalue weighted by molar-refractivity contribution is 6.31. The van der Waals surface area contributed by atoms with Crippen LogP contribution in [0, 0.1) is 11.7 Å². The predicted molar refractivity (Wildman–Crippen MR) is 165 cm³/mol. The molecule has 0 heterocycles. The van der Waals surface area contributed by atoms with Crippen LogP contribution in [0.4, 0.5) is 14.9 Å². The number of carbonyl (C=O) groups excluding carboxylic acids is 1. The average molecular weight is 571 g/mol. The number of nitrogens with zero attached hydrogens (tertiary/aromatic N) is 3. The lowest BCUT2D eigenvalue weighted by Crippen LogP contribution is -2.50. The van der Waals surface area contributed by atoms with Gasteiger partial charge in [0.25, 0.3) is 0 Å². The fraction of sp³-hybridized carbons (Fsp3) is 0.606. The van der Waals surface area contributed by atoms with E-state index in [4.69, 9.17) is 11.6 Å². The first-order chi connectivity index (χ1) is 19.1. The molecule has 2 aromatic rings. The van der Waals surface area contributed by atoms with Gasteiger partial charge in [0.15, 0.2) is 0 Å². The van der Waals surface area contributed by atoms with Gasteiger partial charge in [-0.3, -0.25) is 9.80 Å². The van der Waals surface area contributed by atoms with Crippen LogP contribution in [0.2, 0.25) is 5.02 Å². The lowest BCUT2D eigenvalue weighted by Gasteiger charge is -2.39. The molecule has 0 bridgehead atoms. The predicted octanol–water partition coefficient (Wildman–Crippen LogP) is 7.78. The summed E-state index contributed by atoms with van der Waals surface area (Å²) in [5.74, 6) is 0.108. The van der Waals surface area contributed by atoms with E-state index in [1.165, 1.54) is 29.7 Å². The molecule has 2 fully saturated rings. The minimum absolute atomic E-state index is 0.0128. The monoisotopic (exact) mass is 570 g/mol. The Morgan fingerprint density at radius 3 is 2.42 bits per heavy atom. The Balaban J connectivity index is 1.49. The first-order valence-corrected chi connectivity index (χ1v) is 15.6. The van der Waals surface area contributed by atoms with Crippen LogP contribution in [0.1, 0.15) is 78.4 Å². The van der Waals surface area contributed by atoms with Crippen LogP contribution in [-0.2, 0) is 12.0 Å². The maximum Gasteiger partial charge on any atom is 0.322 e. The van der Waals surface area contributed by atoms with Gasteiger partial charge in [0.1, 0.15) is 5.82 Å². The summed E-state index contributed by atoms with van der Waals surface area (Å²) < 4.78 is 13.7. The Morgan fingerprint density at radius 1 is 1.07 bits per heavy atom. The quantitative estimate of drug-likeness (QED) is 0.283. The summed E-state index contributed by atoms with van der Waals surface area (Å²) in [6, 6.07) is 14.4. The summed E-state index contributed by atoms with van der Waals surface area (Å²) in [7, 11) is 0. The van der Waals surface area contributed by atoms with Gasteiger partial charge in [-0.25, -0.2) is 9.18 Å². The summed E-state index contributed by atoms with van der Waals surface area (Å²) in [6.07, 6.45) is 4.30. The number of benzene rings is 2. The lowest BCUT2D eigenvalue weighted by atomic mass is 9.80. The van der Waals surface area contributed by atoms with Crippen molar-refractivity contribution in [3.8, 4) is 0 Å². The third-order valence-corrected chi connectivity index (χ3v) is 9.60. The molecule has 2 aliphatic carbocycles. The highest BCUT2D eigenvalue weighted by Crippen LogP contribution is 2.63. The summed E-state index contributed by atoms with van der Waals surface area (Å²) in [5.41, 5.74) is 3.64. The molecule has 0 spiro atoms. The molecule has 5 nitrogen and oxygen atoms in total. The molecule has 2 aromatic carbocycles. The summed E-state index contributed by atoms with van der Waals surface area (Å²) >= 11 is 6.00. The Hall–Kier alpha value is -2.15. The summed E-state index contributed by atoms with van der Waals surface area (Å²) in [5, 5.41) is 3.02. The van der Waals surface area contributed by atoms with Gasteiger partial charge in [-0.05, 0) is 107 Å². The second-order valence-electron chi connectivity index (χ2n) is 12.3. The van der Waals surface area contributed by atoms with Gasteiger partial charge in [0.05, 0.1) is 5.02 Å². The molecule has 1 unspecified atom stereocenters. The third-order valence-electron chi connectivity index (χ3n) is 9.31. The Bertz CT molecular complexity index is 1150. The number of urea groups is 1. The van der Waals surface area contributed by atoms with Gasteiger partial charge in [0.2, 0.25) is 0 Å². The molecule has 0 aromatic heterocycles. The normalized spacial score (nSPS) is 22.2. The van der Waals surface area contributed by atoms with Crippen molar-refractivity contribution in [1.82, 2.24) is 14.7 Å². The number of rotatable bonds is 12. The molecule has 2 aliphatic rings. The fourth-order valence-electron chi connectivity index (χ4n) is 6.89. The van der Waals surface area contributed by atoms with Crippen molar-refractivity contribution in [3.63, 3.8) is 0 Å². The number of hydrogen-bond donors (Lipinski definition) is 1. The topological polar surface area (TPSA) is 38.8 Å². The number of carbonyl (C=O) groups is 1. The molecular formula is C33H48ClFN4O. The number of anilines is 1. The Labute approximate surface area is 246 Å². The number of hydrogen-bond acceptors (Lipinski definition) is 3. The van der Waals surface area contributed by atoms with Crippen LogP contribution in [0.5, 0.6) is 0 Å². The molecule has 7 heteroatoms. The van der Waals surface area contributed by atoms with Gasteiger partial charge in [-0.2, -0.15) is 0 Å². The van der Waals surface area contributed by atoms with Crippen LogP contribution in [0.25, 0.3) is 0 Å².